The summed E-state index contributed by atoms with van der Waals surface area (Å²) in [5.74, 6) is 0. The molecule has 0 bridgehead atoms. The minimum atomic E-state index is 0.0693. The van der Waals surface area contributed by atoms with Crippen LogP contribution in [0.1, 0.15) is 30.6 Å². The zero-order valence-corrected chi connectivity index (χ0v) is 11.5. The van der Waals surface area contributed by atoms with Gasteiger partial charge in [-0.15, -0.1) is 0 Å². The molecule has 1 unspecified atom stereocenters. The van der Waals surface area contributed by atoms with E-state index in [4.69, 9.17) is 0 Å². The van der Waals surface area contributed by atoms with Crippen molar-refractivity contribution in [1.82, 2.24) is 20.7 Å². The third kappa shape index (κ3) is 2.42. The highest BCUT2D eigenvalue weighted by Gasteiger charge is 2.17. The molecule has 2 aromatic carbocycles. The average Bonchev–Trinajstić information content (AvgIpc) is 3.02. The van der Waals surface area contributed by atoms with Gasteiger partial charge in [-0.05, 0) is 29.3 Å². The Balaban J connectivity index is 2.09. The van der Waals surface area contributed by atoms with Crippen LogP contribution >= 0.6 is 0 Å². The van der Waals surface area contributed by atoms with E-state index in [-0.39, 0.29) is 6.04 Å². The number of aromatic amines is 1. The van der Waals surface area contributed by atoms with Crippen LogP contribution in [-0.2, 0) is 0 Å². The van der Waals surface area contributed by atoms with E-state index in [2.05, 4.69) is 70.1 Å². The molecule has 0 saturated carbocycles. The summed E-state index contributed by atoms with van der Waals surface area (Å²) in [5.41, 5.74) is 2.17. The average molecular weight is 266 g/mol. The van der Waals surface area contributed by atoms with Crippen molar-refractivity contribution in [2.24, 2.45) is 0 Å². The molecular weight excluding hydrogens is 248 g/mol. The number of hydrogen-bond acceptors (Lipinski definition) is 3. The van der Waals surface area contributed by atoms with Gasteiger partial charge in [-0.3, -0.25) is 0 Å². The van der Waals surface area contributed by atoms with E-state index in [9.17, 15) is 0 Å². The number of nitrogens with one attached hydrogen (secondary N) is 2. The van der Waals surface area contributed by atoms with Crippen LogP contribution < -0.4 is 5.32 Å². The molecular formula is C16H18N4. The Bertz CT molecular complexity index is 671. The summed E-state index contributed by atoms with van der Waals surface area (Å²) >= 11 is 0. The van der Waals surface area contributed by atoms with Gasteiger partial charge in [0.2, 0.25) is 0 Å². The Morgan fingerprint density at radius 1 is 1.15 bits per heavy atom. The largest absolute Gasteiger partial charge is 0.305 e. The van der Waals surface area contributed by atoms with Gasteiger partial charge in [0.15, 0.2) is 0 Å². The minimum absolute atomic E-state index is 0.0693. The number of benzene rings is 2. The van der Waals surface area contributed by atoms with E-state index in [1.165, 1.54) is 16.3 Å². The lowest BCUT2D eigenvalue weighted by atomic mass is 9.97. The molecule has 0 aliphatic carbocycles. The maximum Gasteiger partial charge on any atom is 0.104 e. The Kier molecular flexibility index (Phi) is 3.74. The first-order valence-corrected chi connectivity index (χ1v) is 6.97. The van der Waals surface area contributed by atoms with Crippen LogP contribution in [0, 0.1) is 0 Å². The maximum atomic E-state index is 4.25. The van der Waals surface area contributed by atoms with Gasteiger partial charge in [0, 0.05) is 0 Å². The van der Waals surface area contributed by atoms with Crippen LogP contribution in [0.2, 0.25) is 0 Å². The van der Waals surface area contributed by atoms with Gasteiger partial charge >= 0.3 is 0 Å². The van der Waals surface area contributed by atoms with Crippen molar-refractivity contribution in [3.63, 3.8) is 0 Å². The van der Waals surface area contributed by atoms with Crippen molar-refractivity contribution in [1.29, 1.82) is 0 Å². The Morgan fingerprint density at radius 2 is 2.00 bits per heavy atom. The first-order valence-electron chi connectivity index (χ1n) is 6.97. The van der Waals surface area contributed by atoms with Gasteiger partial charge in [-0.25, -0.2) is 0 Å². The quantitative estimate of drug-likeness (QED) is 0.746. The van der Waals surface area contributed by atoms with Crippen molar-refractivity contribution < 1.29 is 0 Å². The SMILES string of the molecule is CCCNC(c1cn[nH]n1)c1cccc2ccccc12. The summed E-state index contributed by atoms with van der Waals surface area (Å²) in [4.78, 5) is 0. The summed E-state index contributed by atoms with van der Waals surface area (Å²) in [5, 5.41) is 17.0. The van der Waals surface area contributed by atoms with Crippen molar-refractivity contribution in [3.8, 4) is 0 Å². The van der Waals surface area contributed by atoms with Crippen molar-refractivity contribution in [2.45, 2.75) is 19.4 Å². The van der Waals surface area contributed by atoms with E-state index in [0.717, 1.165) is 18.7 Å². The molecule has 0 aliphatic rings. The fraction of sp³-hybridized carbons (Fsp3) is 0.250. The van der Waals surface area contributed by atoms with Crippen molar-refractivity contribution in [2.75, 3.05) is 6.54 Å². The topological polar surface area (TPSA) is 53.6 Å². The second-order valence-corrected chi connectivity index (χ2v) is 4.85. The first kappa shape index (κ1) is 12.8. The molecule has 0 spiro atoms. The molecule has 20 heavy (non-hydrogen) atoms. The molecule has 1 heterocycles. The second-order valence-electron chi connectivity index (χ2n) is 4.85. The molecule has 3 rings (SSSR count). The molecule has 3 aromatic rings. The zero-order valence-electron chi connectivity index (χ0n) is 11.5. The molecule has 0 fully saturated rings. The fourth-order valence-corrected chi connectivity index (χ4v) is 2.51. The molecule has 0 saturated heterocycles. The van der Waals surface area contributed by atoms with Crippen molar-refractivity contribution in [3.05, 3.63) is 59.9 Å². The summed E-state index contributed by atoms with van der Waals surface area (Å²) in [6.45, 7) is 3.11. The van der Waals surface area contributed by atoms with Crippen LogP contribution in [0.25, 0.3) is 10.8 Å². The van der Waals surface area contributed by atoms with Gasteiger partial charge in [-0.2, -0.15) is 15.4 Å². The molecule has 4 heteroatoms. The van der Waals surface area contributed by atoms with Crippen LogP contribution in [0.15, 0.2) is 48.7 Å². The third-order valence-electron chi connectivity index (χ3n) is 3.46. The molecule has 0 amide bonds. The van der Waals surface area contributed by atoms with Gasteiger partial charge in [0.1, 0.15) is 5.69 Å². The highest BCUT2D eigenvalue weighted by atomic mass is 15.3. The van der Waals surface area contributed by atoms with E-state index in [0.29, 0.717) is 0 Å². The number of nitrogens with zero attached hydrogens (tertiary/aromatic N) is 2. The zero-order chi connectivity index (χ0) is 13.8. The molecule has 1 aromatic heterocycles. The number of fused-ring (bicyclic) bond motifs is 1. The molecule has 2 N–H and O–H groups in total. The number of rotatable bonds is 5. The minimum Gasteiger partial charge on any atom is -0.305 e. The van der Waals surface area contributed by atoms with Gasteiger partial charge in [0.05, 0.1) is 12.2 Å². The third-order valence-corrected chi connectivity index (χ3v) is 3.46. The van der Waals surface area contributed by atoms with E-state index >= 15 is 0 Å². The lowest BCUT2D eigenvalue weighted by molar-refractivity contribution is 0.588. The van der Waals surface area contributed by atoms with Crippen LogP contribution in [0.4, 0.5) is 0 Å². The summed E-state index contributed by atoms with van der Waals surface area (Å²) in [6, 6.07) is 14.9. The van der Waals surface area contributed by atoms with Crippen LogP contribution in [0.5, 0.6) is 0 Å². The van der Waals surface area contributed by atoms with E-state index in [1.54, 1.807) is 6.20 Å². The standard InChI is InChI=1S/C16H18N4/c1-2-10-17-16(15-11-18-20-19-15)14-9-5-7-12-6-3-4-8-13(12)14/h3-9,11,16-17H,2,10H2,1H3,(H,18,19,20). The van der Waals surface area contributed by atoms with Crippen LogP contribution in [-0.4, -0.2) is 22.0 Å². The summed E-state index contributed by atoms with van der Waals surface area (Å²) in [6.07, 6.45) is 2.87. The highest BCUT2D eigenvalue weighted by Crippen LogP contribution is 2.27. The molecule has 4 nitrogen and oxygen atoms in total. The lowest BCUT2D eigenvalue weighted by Crippen LogP contribution is -2.23. The predicted octanol–water partition coefficient (Wildman–Crippen LogP) is 3.05. The predicted molar refractivity (Wildman–Crippen MR) is 80.5 cm³/mol. The van der Waals surface area contributed by atoms with Gasteiger partial charge < -0.3 is 5.32 Å². The normalized spacial score (nSPS) is 12.7. The first-order chi connectivity index (χ1) is 9.90. The summed E-state index contributed by atoms with van der Waals surface area (Å²) < 4.78 is 0. The smallest absolute Gasteiger partial charge is 0.104 e. The van der Waals surface area contributed by atoms with E-state index in [1.807, 2.05) is 0 Å². The van der Waals surface area contributed by atoms with Crippen LogP contribution in [0.3, 0.4) is 0 Å². The lowest BCUT2D eigenvalue weighted by Gasteiger charge is -2.18. The van der Waals surface area contributed by atoms with Gasteiger partial charge in [0.25, 0.3) is 0 Å². The highest BCUT2D eigenvalue weighted by molar-refractivity contribution is 5.86. The monoisotopic (exact) mass is 266 g/mol. The number of H-pyrrole nitrogens is 1. The molecule has 1 atom stereocenters. The number of aromatic nitrogens is 3. The summed E-state index contributed by atoms with van der Waals surface area (Å²) in [7, 11) is 0. The van der Waals surface area contributed by atoms with Crippen molar-refractivity contribution >= 4 is 10.8 Å². The molecule has 0 radical (unpaired) electrons. The number of hydrogen-bond donors (Lipinski definition) is 2. The Labute approximate surface area is 118 Å². The van der Waals surface area contributed by atoms with E-state index < -0.39 is 0 Å². The Hall–Kier alpha value is -2.20. The Morgan fingerprint density at radius 3 is 2.80 bits per heavy atom. The second kappa shape index (κ2) is 5.84. The van der Waals surface area contributed by atoms with Gasteiger partial charge in [-0.1, -0.05) is 49.4 Å². The molecule has 102 valence electrons. The molecule has 0 aliphatic heterocycles. The fourth-order valence-electron chi connectivity index (χ4n) is 2.51. The maximum absolute atomic E-state index is 4.25.